The first-order chi connectivity index (χ1) is 12.0. The summed E-state index contributed by atoms with van der Waals surface area (Å²) in [5.41, 5.74) is 3.37. The molecule has 0 atom stereocenters. The number of aryl methyl sites for hydroxylation is 1. The van der Waals surface area contributed by atoms with E-state index in [1.165, 1.54) is 0 Å². The van der Waals surface area contributed by atoms with E-state index in [1.54, 1.807) is 36.4 Å². The maximum atomic E-state index is 11.8. The first-order valence-electron chi connectivity index (χ1n) is 7.92. The maximum absolute atomic E-state index is 11.8. The van der Waals surface area contributed by atoms with E-state index >= 15 is 0 Å². The zero-order valence-electron chi connectivity index (χ0n) is 13.9. The molecule has 1 amide bonds. The molecule has 0 bridgehead atoms. The third-order valence-corrected chi connectivity index (χ3v) is 3.74. The number of nitrogens with zero attached hydrogens (tertiary/aromatic N) is 1. The average molecular weight is 338 g/mol. The van der Waals surface area contributed by atoms with Crippen LogP contribution in [-0.4, -0.2) is 29.9 Å². The highest BCUT2D eigenvalue weighted by molar-refractivity contribution is 6.58. The molecule has 0 aliphatic carbocycles. The SMILES string of the molecule is [C-]#[N+]c1cccc(NC(=O)OCCc2ccc(B(O)O)cc2CC)c1. The molecular formula is C18H19BN2O4. The molecule has 6 nitrogen and oxygen atoms in total. The van der Waals surface area contributed by atoms with Gasteiger partial charge in [0.25, 0.3) is 0 Å². The minimum absolute atomic E-state index is 0.197. The highest BCUT2D eigenvalue weighted by Crippen LogP contribution is 2.17. The summed E-state index contributed by atoms with van der Waals surface area (Å²) in [7, 11) is -1.49. The molecule has 0 aromatic heterocycles. The predicted molar refractivity (Wildman–Crippen MR) is 97.0 cm³/mol. The Kier molecular flexibility index (Phi) is 6.58. The number of amides is 1. The van der Waals surface area contributed by atoms with Crippen LogP contribution in [0.4, 0.5) is 16.2 Å². The van der Waals surface area contributed by atoms with Crippen LogP contribution in [0.15, 0.2) is 42.5 Å². The highest BCUT2D eigenvalue weighted by Gasteiger charge is 2.13. The molecule has 25 heavy (non-hydrogen) atoms. The molecule has 0 saturated carbocycles. The number of carbonyl (C=O) groups excluding carboxylic acids is 1. The van der Waals surface area contributed by atoms with Gasteiger partial charge < -0.3 is 14.8 Å². The van der Waals surface area contributed by atoms with Gasteiger partial charge in [-0.1, -0.05) is 37.3 Å². The Hall–Kier alpha value is -2.82. The molecule has 0 unspecified atom stereocenters. The van der Waals surface area contributed by atoms with Crippen molar-refractivity contribution in [2.24, 2.45) is 0 Å². The van der Waals surface area contributed by atoms with Gasteiger partial charge in [-0.05, 0) is 35.1 Å². The number of rotatable bonds is 6. The van der Waals surface area contributed by atoms with Crippen molar-refractivity contribution >= 4 is 30.0 Å². The van der Waals surface area contributed by atoms with Crippen LogP contribution in [0, 0.1) is 6.57 Å². The topological polar surface area (TPSA) is 83.2 Å². The molecule has 0 radical (unpaired) electrons. The number of carbonyl (C=O) groups is 1. The smallest absolute Gasteiger partial charge is 0.449 e. The molecule has 7 heteroatoms. The molecule has 2 aromatic carbocycles. The molecule has 2 aromatic rings. The van der Waals surface area contributed by atoms with E-state index in [9.17, 15) is 14.8 Å². The number of ether oxygens (including phenoxy) is 1. The van der Waals surface area contributed by atoms with Gasteiger partial charge in [-0.25, -0.2) is 9.64 Å². The van der Waals surface area contributed by atoms with Gasteiger partial charge in [-0.2, -0.15) is 0 Å². The first kappa shape index (κ1) is 18.5. The molecule has 0 aliphatic heterocycles. The van der Waals surface area contributed by atoms with Gasteiger partial charge in [0.1, 0.15) is 0 Å². The van der Waals surface area contributed by atoms with Crippen molar-refractivity contribution < 1.29 is 19.6 Å². The second-order valence-electron chi connectivity index (χ2n) is 5.43. The summed E-state index contributed by atoms with van der Waals surface area (Å²) in [4.78, 5) is 15.1. The van der Waals surface area contributed by atoms with Crippen molar-refractivity contribution in [3.05, 3.63) is 65.0 Å². The molecule has 0 heterocycles. The third-order valence-electron chi connectivity index (χ3n) is 3.74. The van der Waals surface area contributed by atoms with Gasteiger partial charge >= 0.3 is 13.2 Å². The second-order valence-corrected chi connectivity index (χ2v) is 5.43. The highest BCUT2D eigenvalue weighted by atomic mass is 16.5. The lowest BCUT2D eigenvalue weighted by Gasteiger charge is -2.11. The quantitative estimate of drug-likeness (QED) is 0.557. The summed E-state index contributed by atoms with van der Waals surface area (Å²) < 4.78 is 5.17. The van der Waals surface area contributed by atoms with Crippen molar-refractivity contribution in [2.45, 2.75) is 19.8 Å². The van der Waals surface area contributed by atoms with Gasteiger partial charge in [-0.3, -0.25) is 5.32 Å². The lowest BCUT2D eigenvalue weighted by molar-refractivity contribution is 0.163. The van der Waals surface area contributed by atoms with Crippen LogP contribution in [0.2, 0.25) is 0 Å². The van der Waals surface area contributed by atoms with Crippen LogP contribution in [0.25, 0.3) is 4.85 Å². The Morgan fingerprint density at radius 3 is 2.72 bits per heavy atom. The molecule has 2 rings (SSSR count). The molecule has 0 fully saturated rings. The fourth-order valence-electron chi connectivity index (χ4n) is 2.44. The standard InChI is InChI=1S/C18H19BN2O4/c1-3-13-11-15(19(23)24)8-7-14(13)9-10-25-18(22)21-17-6-4-5-16(12-17)20-2/h4-8,11-12,23-24H,3,9-10H2,1H3,(H,21,22). The summed E-state index contributed by atoms with van der Waals surface area (Å²) in [6.07, 6.45) is 0.689. The monoisotopic (exact) mass is 338 g/mol. The van der Waals surface area contributed by atoms with Gasteiger partial charge in [0.2, 0.25) is 0 Å². The summed E-state index contributed by atoms with van der Waals surface area (Å²) in [5, 5.41) is 21.0. The third kappa shape index (κ3) is 5.35. The van der Waals surface area contributed by atoms with E-state index in [0.29, 0.717) is 23.3 Å². The lowest BCUT2D eigenvalue weighted by atomic mass is 9.78. The van der Waals surface area contributed by atoms with E-state index in [1.807, 2.05) is 13.0 Å². The zero-order valence-corrected chi connectivity index (χ0v) is 13.9. The molecule has 0 aliphatic rings. The van der Waals surface area contributed by atoms with Crippen molar-refractivity contribution in [2.75, 3.05) is 11.9 Å². The van der Waals surface area contributed by atoms with Crippen LogP contribution in [0.5, 0.6) is 0 Å². The molecule has 3 N–H and O–H groups in total. The fourth-order valence-corrected chi connectivity index (χ4v) is 2.44. The summed E-state index contributed by atoms with van der Waals surface area (Å²) in [6.45, 7) is 9.13. The van der Waals surface area contributed by atoms with Gasteiger partial charge in [0.05, 0.1) is 13.2 Å². The average Bonchev–Trinajstić information content (AvgIpc) is 2.61. The number of anilines is 1. The Morgan fingerprint density at radius 1 is 1.24 bits per heavy atom. The Balaban J connectivity index is 1.89. The molecule has 0 spiro atoms. The largest absolute Gasteiger partial charge is 0.488 e. The van der Waals surface area contributed by atoms with Gasteiger partial charge in [0.15, 0.2) is 5.69 Å². The lowest BCUT2D eigenvalue weighted by Crippen LogP contribution is -2.30. The van der Waals surface area contributed by atoms with E-state index in [4.69, 9.17) is 11.3 Å². The summed E-state index contributed by atoms with van der Waals surface area (Å²) in [5.74, 6) is 0. The van der Waals surface area contributed by atoms with Crippen LogP contribution in [-0.2, 0) is 17.6 Å². The number of hydrogen-bond donors (Lipinski definition) is 3. The van der Waals surface area contributed by atoms with Gasteiger partial charge in [0, 0.05) is 12.1 Å². The van der Waals surface area contributed by atoms with Crippen molar-refractivity contribution in [3.8, 4) is 0 Å². The molecule has 0 saturated heterocycles. The second kappa shape index (κ2) is 8.88. The minimum atomic E-state index is -1.49. The number of hydrogen-bond acceptors (Lipinski definition) is 4. The van der Waals surface area contributed by atoms with Crippen molar-refractivity contribution in [3.63, 3.8) is 0 Å². The fraction of sp³-hybridized carbons (Fsp3) is 0.222. The minimum Gasteiger partial charge on any atom is -0.449 e. The van der Waals surface area contributed by atoms with Crippen LogP contribution in [0.3, 0.4) is 0 Å². The van der Waals surface area contributed by atoms with Crippen LogP contribution in [0.1, 0.15) is 18.1 Å². The number of nitrogens with one attached hydrogen (secondary N) is 1. The van der Waals surface area contributed by atoms with E-state index < -0.39 is 13.2 Å². The summed E-state index contributed by atoms with van der Waals surface area (Å²) >= 11 is 0. The maximum Gasteiger partial charge on any atom is 0.488 e. The number of benzene rings is 2. The predicted octanol–water partition coefficient (Wildman–Crippen LogP) is 2.27. The van der Waals surface area contributed by atoms with Crippen LogP contribution >= 0.6 is 0 Å². The van der Waals surface area contributed by atoms with E-state index in [2.05, 4.69) is 10.2 Å². The van der Waals surface area contributed by atoms with E-state index in [-0.39, 0.29) is 6.61 Å². The van der Waals surface area contributed by atoms with Gasteiger partial charge in [-0.15, -0.1) is 0 Å². The first-order valence-corrected chi connectivity index (χ1v) is 7.92. The van der Waals surface area contributed by atoms with Crippen molar-refractivity contribution in [1.82, 2.24) is 0 Å². The Bertz CT molecular complexity index is 787. The van der Waals surface area contributed by atoms with E-state index in [0.717, 1.165) is 17.5 Å². The Labute approximate surface area is 147 Å². The summed E-state index contributed by atoms with van der Waals surface area (Å²) in [6, 6.07) is 11.8. The normalized spacial score (nSPS) is 10.0. The zero-order chi connectivity index (χ0) is 18.2. The van der Waals surface area contributed by atoms with Crippen molar-refractivity contribution in [1.29, 1.82) is 0 Å². The van der Waals surface area contributed by atoms with Crippen LogP contribution < -0.4 is 10.8 Å². The molecule has 128 valence electrons. The molecular weight excluding hydrogens is 319 g/mol. The Morgan fingerprint density at radius 2 is 2.04 bits per heavy atom.